The van der Waals surface area contributed by atoms with Gasteiger partial charge in [0.15, 0.2) is 0 Å². The molecule has 134 valence electrons. The van der Waals surface area contributed by atoms with Crippen molar-refractivity contribution in [3.8, 4) is 0 Å². The predicted octanol–water partition coefficient (Wildman–Crippen LogP) is 4.28. The molecule has 0 radical (unpaired) electrons. The third-order valence-electron chi connectivity index (χ3n) is 4.63. The summed E-state index contributed by atoms with van der Waals surface area (Å²) in [5, 5.41) is 15.4. The minimum Gasteiger partial charge on any atom is -0.346 e. The van der Waals surface area contributed by atoms with E-state index in [0.29, 0.717) is 17.0 Å². The van der Waals surface area contributed by atoms with Gasteiger partial charge in [-0.3, -0.25) is 5.32 Å². The van der Waals surface area contributed by atoms with Gasteiger partial charge in [0.05, 0.1) is 0 Å². The number of aromatic nitrogens is 2. The van der Waals surface area contributed by atoms with Crippen LogP contribution in [0.15, 0.2) is 18.2 Å². The molecule has 2 N–H and O–H groups in total. The molecule has 2 aromatic rings. The fraction of sp³-hybridized carbons (Fsp3) is 0.500. The Labute approximate surface area is 152 Å². The number of amides is 2. The molecule has 1 aromatic heterocycles. The second-order valence-corrected chi connectivity index (χ2v) is 8.02. The van der Waals surface area contributed by atoms with Gasteiger partial charge < -0.3 is 10.2 Å². The van der Waals surface area contributed by atoms with Crippen molar-refractivity contribution in [2.24, 2.45) is 11.8 Å². The molecule has 0 saturated carbocycles. The quantitative estimate of drug-likeness (QED) is 0.858. The number of nitrogens with one attached hydrogen (secondary N) is 2. The Morgan fingerprint density at radius 1 is 1.16 bits per heavy atom. The number of hydrogen-bond acceptors (Lipinski definition) is 5. The summed E-state index contributed by atoms with van der Waals surface area (Å²) in [6.45, 7) is 10.5. The van der Waals surface area contributed by atoms with Crippen molar-refractivity contribution in [2.45, 2.75) is 34.1 Å². The molecule has 1 aliphatic rings. The molecular formula is C18H25N5OS. The summed E-state index contributed by atoms with van der Waals surface area (Å²) in [5.74, 6) is 1.30. The minimum absolute atomic E-state index is 0.295. The van der Waals surface area contributed by atoms with Gasteiger partial charge in [-0.15, -0.1) is 10.2 Å². The number of hydrogen-bond donors (Lipinski definition) is 2. The molecule has 1 aliphatic heterocycles. The number of carbonyl (C=O) groups is 1. The third kappa shape index (κ3) is 4.28. The van der Waals surface area contributed by atoms with Crippen LogP contribution in [-0.2, 0) is 0 Å². The Balaban J connectivity index is 1.63. The number of urea groups is 1. The molecule has 1 saturated heterocycles. The largest absolute Gasteiger partial charge is 0.346 e. The average molecular weight is 359 g/mol. The van der Waals surface area contributed by atoms with Gasteiger partial charge in [-0.25, -0.2) is 4.79 Å². The maximum absolute atomic E-state index is 12.2. The van der Waals surface area contributed by atoms with E-state index >= 15 is 0 Å². The van der Waals surface area contributed by atoms with Crippen LogP contribution in [0.25, 0.3) is 0 Å². The Hall–Kier alpha value is -2.15. The predicted molar refractivity (Wildman–Crippen MR) is 104 cm³/mol. The lowest BCUT2D eigenvalue weighted by molar-refractivity contribution is 0.262. The third-order valence-corrected chi connectivity index (χ3v) is 5.53. The lowest BCUT2D eigenvalue weighted by atomic mass is 9.92. The number of rotatable bonds is 3. The van der Waals surface area contributed by atoms with Crippen LogP contribution in [0.3, 0.4) is 0 Å². The SMILES string of the molecule is Cc1cccc(NC(=O)Nc2nnc(N3C[C@@H](C)C[C@H](C)C3)s2)c1C. The first-order chi connectivity index (χ1) is 11.9. The van der Waals surface area contributed by atoms with E-state index in [4.69, 9.17) is 0 Å². The number of benzene rings is 1. The van der Waals surface area contributed by atoms with Gasteiger partial charge in [0.2, 0.25) is 10.3 Å². The zero-order valence-corrected chi connectivity index (χ0v) is 16.0. The van der Waals surface area contributed by atoms with Gasteiger partial charge in [-0.05, 0) is 49.3 Å². The van der Waals surface area contributed by atoms with Crippen LogP contribution < -0.4 is 15.5 Å². The Bertz CT molecular complexity index is 750. The molecule has 2 atom stereocenters. The fourth-order valence-electron chi connectivity index (χ4n) is 3.35. The molecule has 7 heteroatoms. The van der Waals surface area contributed by atoms with Crippen molar-refractivity contribution in [3.05, 3.63) is 29.3 Å². The highest BCUT2D eigenvalue weighted by atomic mass is 32.1. The van der Waals surface area contributed by atoms with E-state index in [0.717, 1.165) is 35.0 Å². The van der Waals surface area contributed by atoms with Crippen molar-refractivity contribution in [3.63, 3.8) is 0 Å². The van der Waals surface area contributed by atoms with Crippen LogP contribution in [0.1, 0.15) is 31.4 Å². The normalized spacial score (nSPS) is 20.4. The Kier molecular flexibility index (Phi) is 5.22. The number of piperidine rings is 1. The van der Waals surface area contributed by atoms with E-state index in [9.17, 15) is 4.79 Å². The van der Waals surface area contributed by atoms with E-state index in [-0.39, 0.29) is 6.03 Å². The van der Waals surface area contributed by atoms with Crippen molar-refractivity contribution < 1.29 is 4.79 Å². The highest BCUT2D eigenvalue weighted by molar-refractivity contribution is 7.19. The summed E-state index contributed by atoms with van der Waals surface area (Å²) in [5.41, 5.74) is 3.01. The summed E-state index contributed by atoms with van der Waals surface area (Å²) in [6, 6.07) is 5.55. The van der Waals surface area contributed by atoms with E-state index in [2.05, 4.69) is 39.6 Å². The van der Waals surface area contributed by atoms with Gasteiger partial charge in [-0.1, -0.05) is 37.3 Å². The highest BCUT2D eigenvalue weighted by Crippen LogP contribution is 2.30. The van der Waals surface area contributed by atoms with Crippen molar-refractivity contribution in [2.75, 3.05) is 28.6 Å². The van der Waals surface area contributed by atoms with Crippen LogP contribution in [0.5, 0.6) is 0 Å². The summed E-state index contributed by atoms with van der Waals surface area (Å²) < 4.78 is 0. The Morgan fingerprint density at radius 3 is 2.60 bits per heavy atom. The molecule has 1 aromatic carbocycles. The molecule has 0 spiro atoms. The topological polar surface area (TPSA) is 70.1 Å². The standard InChI is InChI=1S/C18H25N5OS/c1-11-8-12(2)10-23(9-11)18-22-21-17(25-18)20-16(24)19-15-7-5-6-13(3)14(15)4/h5-7,11-12H,8-10H2,1-4H3,(H2,19,20,21,24)/t11-,12-/m0/s1. The molecular weight excluding hydrogens is 334 g/mol. The Morgan fingerprint density at radius 2 is 1.88 bits per heavy atom. The van der Waals surface area contributed by atoms with Crippen LogP contribution in [0, 0.1) is 25.7 Å². The maximum atomic E-state index is 12.2. The fourth-order valence-corrected chi connectivity index (χ4v) is 4.11. The molecule has 6 nitrogen and oxygen atoms in total. The summed E-state index contributed by atoms with van der Waals surface area (Å²) in [7, 11) is 0. The van der Waals surface area contributed by atoms with Gasteiger partial charge in [0.25, 0.3) is 0 Å². The second-order valence-electron chi connectivity index (χ2n) is 7.07. The smallest absolute Gasteiger partial charge is 0.325 e. The van der Waals surface area contributed by atoms with E-state index in [1.54, 1.807) is 0 Å². The zero-order valence-electron chi connectivity index (χ0n) is 15.2. The van der Waals surface area contributed by atoms with Crippen LogP contribution in [-0.4, -0.2) is 29.3 Å². The number of carbonyl (C=O) groups excluding carboxylic acids is 1. The van der Waals surface area contributed by atoms with E-state index in [1.165, 1.54) is 17.8 Å². The molecule has 0 bridgehead atoms. The highest BCUT2D eigenvalue weighted by Gasteiger charge is 2.24. The first-order valence-corrected chi connectivity index (χ1v) is 9.46. The monoisotopic (exact) mass is 359 g/mol. The molecule has 2 heterocycles. The number of anilines is 3. The average Bonchev–Trinajstić information content (AvgIpc) is 2.99. The second kappa shape index (κ2) is 7.39. The van der Waals surface area contributed by atoms with Crippen molar-refractivity contribution in [1.82, 2.24) is 10.2 Å². The van der Waals surface area contributed by atoms with Crippen LogP contribution in [0.4, 0.5) is 20.7 Å². The summed E-state index contributed by atoms with van der Waals surface area (Å²) in [6.07, 6.45) is 1.25. The molecule has 0 unspecified atom stereocenters. The summed E-state index contributed by atoms with van der Waals surface area (Å²) in [4.78, 5) is 14.5. The lowest BCUT2D eigenvalue weighted by Gasteiger charge is -2.34. The van der Waals surface area contributed by atoms with Gasteiger partial charge in [0.1, 0.15) is 0 Å². The van der Waals surface area contributed by atoms with Crippen LogP contribution in [0.2, 0.25) is 0 Å². The molecule has 25 heavy (non-hydrogen) atoms. The molecule has 0 aliphatic carbocycles. The molecule has 3 rings (SSSR count). The van der Waals surface area contributed by atoms with Gasteiger partial charge in [-0.2, -0.15) is 0 Å². The van der Waals surface area contributed by atoms with Gasteiger partial charge >= 0.3 is 6.03 Å². The number of aryl methyl sites for hydroxylation is 1. The lowest BCUT2D eigenvalue weighted by Crippen LogP contribution is -2.38. The first-order valence-electron chi connectivity index (χ1n) is 8.65. The number of nitrogens with zero attached hydrogens (tertiary/aromatic N) is 3. The van der Waals surface area contributed by atoms with Crippen LogP contribution >= 0.6 is 11.3 Å². The zero-order chi connectivity index (χ0) is 18.0. The van der Waals surface area contributed by atoms with E-state index in [1.807, 2.05) is 32.0 Å². The molecule has 2 amide bonds. The van der Waals surface area contributed by atoms with Gasteiger partial charge in [0, 0.05) is 18.8 Å². The molecule has 1 fully saturated rings. The minimum atomic E-state index is -0.295. The van der Waals surface area contributed by atoms with Crippen molar-refractivity contribution >= 4 is 33.3 Å². The maximum Gasteiger partial charge on any atom is 0.325 e. The van der Waals surface area contributed by atoms with E-state index < -0.39 is 0 Å². The van der Waals surface area contributed by atoms with Crippen molar-refractivity contribution in [1.29, 1.82) is 0 Å². The summed E-state index contributed by atoms with van der Waals surface area (Å²) >= 11 is 1.42. The first kappa shape index (κ1) is 17.7.